The van der Waals surface area contributed by atoms with E-state index in [1.165, 1.54) is 0 Å². The monoisotopic (exact) mass is 316 g/mol. The zero-order valence-electron chi connectivity index (χ0n) is 10.5. The number of hydrogen-bond acceptors (Lipinski definition) is 3. The highest BCUT2D eigenvalue weighted by atomic mass is 79.9. The Morgan fingerprint density at radius 3 is 2.84 bits per heavy atom. The fourth-order valence-electron chi connectivity index (χ4n) is 1.74. The number of nitriles is 1. The SMILES string of the molecule is COc1cc(Br)cc(NCc2cccc(C#N)c2)c1. The molecule has 0 saturated carbocycles. The minimum Gasteiger partial charge on any atom is -0.497 e. The Labute approximate surface area is 121 Å². The van der Waals surface area contributed by atoms with E-state index in [4.69, 9.17) is 10.00 Å². The van der Waals surface area contributed by atoms with E-state index >= 15 is 0 Å². The van der Waals surface area contributed by atoms with Gasteiger partial charge in [0.05, 0.1) is 18.7 Å². The number of nitrogens with zero attached hydrogens (tertiary/aromatic N) is 1. The van der Waals surface area contributed by atoms with E-state index < -0.39 is 0 Å². The number of benzene rings is 2. The molecule has 1 N–H and O–H groups in total. The van der Waals surface area contributed by atoms with E-state index in [1.807, 2.05) is 36.4 Å². The quantitative estimate of drug-likeness (QED) is 0.929. The lowest BCUT2D eigenvalue weighted by Crippen LogP contribution is -2.00. The van der Waals surface area contributed by atoms with Crippen molar-refractivity contribution < 1.29 is 4.74 Å². The van der Waals surface area contributed by atoms with E-state index in [0.717, 1.165) is 21.5 Å². The van der Waals surface area contributed by atoms with E-state index in [2.05, 4.69) is 27.3 Å². The van der Waals surface area contributed by atoms with Gasteiger partial charge in [0.2, 0.25) is 0 Å². The van der Waals surface area contributed by atoms with Crippen LogP contribution in [0.4, 0.5) is 5.69 Å². The van der Waals surface area contributed by atoms with Crippen molar-refractivity contribution in [3.05, 3.63) is 58.1 Å². The Balaban J connectivity index is 2.10. The molecule has 3 nitrogen and oxygen atoms in total. The van der Waals surface area contributed by atoms with Gasteiger partial charge in [-0.25, -0.2) is 0 Å². The van der Waals surface area contributed by atoms with Crippen molar-refractivity contribution in [2.45, 2.75) is 6.54 Å². The number of methoxy groups -OCH3 is 1. The summed E-state index contributed by atoms with van der Waals surface area (Å²) in [7, 11) is 1.64. The molecule has 0 radical (unpaired) electrons. The van der Waals surface area contributed by atoms with E-state index in [-0.39, 0.29) is 0 Å². The van der Waals surface area contributed by atoms with Gasteiger partial charge >= 0.3 is 0 Å². The van der Waals surface area contributed by atoms with Gasteiger partial charge in [-0.15, -0.1) is 0 Å². The Morgan fingerprint density at radius 1 is 1.26 bits per heavy atom. The number of hydrogen-bond donors (Lipinski definition) is 1. The van der Waals surface area contributed by atoms with Crippen molar-refractivity contribution in [2.75, 3.05) is 12.4 Å². The summed E-state index contributed by atoms with van der Waals surface area (Å²) in [4.78, 5) is 0. The summed E-state index contributed by atoms with van der Waals surface area (Å²) in [5.74, 6) is 0.794. The van der Waals surface area contributed by atoms with Crippen LogP contribution >= 0.6 is 15.9 Å². The highest BCUT2D eigenvalue weighted by Crippen LogP contribution is 2.24. The average Bonchev–Trinajstić information content (AvgIpc) is 2.44. The molecule has 96 valence electrons. The Kier molecular flexibility index (Phi) is 4.43. The Bertz CT molecular complexity index is 620. The Morgan fingerprint density at radius 2 is 2.11 bits per heavy atom. The fraction of sp³-hybridized carbons (Fsp3) is 0.133. The van der Waals surface area contributed by atoms with Crippen molar-refractivity contribution in [3.8, 4) is 11.8 Å². The summed E-state index contributed by atoms with van der Waals surface area (Å²) in [5, 5.41) is 12.2. The number of anilines is 1. The van der Waals surface area contributed by atoms with Crippen LogP contribution in [0.15, 0.2) is 46.9 Å². The number of rotatable bonds is 4. The summed E-state index contributed by atoms with van der Waals surface area (Å²) in [6, 6.07) is 15.5. The van der Waals surface area contributed by atoms with Crippen LogP contribution in [0.25, 0.3) is 0 Å². The number of nitrogens with one attached hydrogen (secondary N) is 1. The Hall–Kier alpha value is -1.99. The van der Waals surface area contributed by atoms with Crippen molar-refractivity contribution in [3.63, 3.8) is 0 Å². The van der Waals surface area contributed by atoms with Crippen molar-refractivity contribution in [1.82, 2.24) is 0 Å². The first-order chi connectivity index (χ1) is 9.21. The molecule has 0 saturated heterocycles. The molecule has 19 heavy (non-hydrogen) atoms. The van der Waals surface area contributed by atoms with Crippen molar-refractivity contribution in [1.29, 1.82) is 5.26 Å². The molecular formula is C15H13BrN2O. The predicted octanol–water partition coefficient (Wildman–Crippen LogP) is 3.94. The van der Waals surface area contributed by atoms with Crippen LogP contribution in [0.5, 0.6) is 5.75 Å². The van der Waals surface area contributed by atoms with E-state index in [1.54, 1.807) is 13.2 Å². The lowest BCUT2D eigenvalue weighted by atomic mass is 10.1. The van der Waals surface area contributed by atoms with Gasteiger partial charge in [0.1, 0.15) is 5.75 Å². The van der Waals surface area contributed by atoms with Crippen molar-refractivity contribution in [2.24, 2.45) is 0 Å². The maximum Gasteiger partial charge on any atom is 0.122 e. The summed E-state index contributed by atoms with van der Waals surface area (Å²) < 4.78 is 6.17. The molecule has 0 spiro atoms. The van der Waals surface area contributed by atoms with Crippen LogP contribution in [-0.2, 0) is 6.54 Å². The van der Waals surface area contributed by atoms with Gasteiger partial charge in [0, 0.05) is 22.8 Å². The molecule has 0 heterocycles. The smallest absolute Gasteiger partial charge is 0.122 e. The lowest BCUT2D eigenvalue weighted by Gasteiger charge is -2.09. The molecular weight excluding hydrogens is 304 g/mol. The first-order valence-corrected chi connectivity index (χ1v) is 6.58. The zero-order chi connectivity index (χ0) is 13.7. The highest BCUT2D eigenvalue weighted by Gasteiger charge is 2.00. The molecule has 2 aromatic rings. The fourth-order valence-corrected chi connectivity index (χ4v) is 2.21. The molecule has 0 aliphatic carbocycles. The number of ether oxygens (including phenoxy) is 1. The second-order valence-corrected chi connectivity index (χ2v) is 4.96. The van der Waals surface area contributed by atoms with Crippen LogP contribution in [0.2, 0.25) is 0 Å². The number of halogens is 1. The van der Waals surface area contributed by atoms with Crippen LogP contribution in [0.1, 0.15) is 11.1 Å². The predicted molar refractivity (Wildman–Crippen MR) is 79.2 cm³/mol. The van der Waals surface area contributed by atoms with Gasteiger partial charge in [-0.05, 0) is 29.8 Å². The van der Waals surface area contributed by atoms with Gasteiger partial charge in [0.25, 0.3) is 0 Å². The second kappa shape index (κ2) is 6.26. The highest BCUT2D eigenvalue weighted by molar-refractivity contribution is 9.10. The first-order valence-electron chi connectivity index (χ1n) is 5.79. The largest absolute Gasteiger partial charge is 0.497 e. The minimum atomic E-state index is 0.662. The standard InChI is InChI=1S/C15H13BrN2O/c1-19-15-7-13(16)6-14(8-15)18-10-12-4-2-3-11(5-12)9-17/h2-8,18H,10H2,1H3. The molecule has 0 amide bonds. The zero-order valence-corrected chi connectivity index (χ0v) is 12.1. The van der Waals surface area contributed by atoms with Gasteiger partial charge in [0.15, 0.2) is 0 Å². The minimum absolute atomic E-state index is 0.662. The molecule has 0 aliphatic heterocycles. The summed E-state index contributed by atoms with van der Waals surface area (Å²) in [6.45, 7) is 0.662. The molecule has 2 aromatic carbocycles. The molecule has 0 fully saturated rings. The third-order valence-corrected chi connectivity index (χ3v) is 3.12. The maximum absolute atomic E-state index is 8.86. The van der Waals surface area contributed by atoms with E-state index in [0.29, 0.717) is 12.1 Å². The molecule has 0 bridgehead atoms. The normalized spacial score (nSPS) is 9.74. The van der Waals surface area contributed by atoms with Crippen LogP contribution in [0.3, 0.4) is 0 Å². The third-order valence-electron chi connectivity index (χ3n) is 2.66. The summed E-state index contributed by atoms with van der Waals surface area (Å²) >= 11 is 3.44. The van der Waals surface area contributed by atoms with Gasteiger partial charge in [-0.1, -0.05) is 28.1 Å². The van der Waals surface area contributed by atoms with Crippen molar-refractivity contribution >= 4 is 21.6 Å². The van der Waals surface area contributed by atoms with Gasteiger partial charge in [-0.2, -0.15) is 5.26 Å². The topological polar surface area (TPSA) is 45.0 Å². The molecule has 0 unspecified atom stereocenters. The van der Waals surface area contributed by atoms with E-state index in [9.17, 15) is 0 Å². The van der Waals surface area contributed by atoms with Crippen LogP contribution in [0, 0.1) is 11.3 Å². The molecule has 0 aromatic heterocycles. The average molecular weight is 317 g/mol. The summed E-state index contributed by atoms with van der Waals surface area (Å²) in [5.41, 5.74) is 2.71. The molecule has 0 atom stereocenters. The lowest BCUT2D eigenvalue weighted by molar-refractivity contribution is 0.414. The molecule has 0 aliphatic rings. The van der Waals surface area contributed by atoms with Gasteiger partial charge < -0.3 is 10.1 Å². The van der Waals surface area contributed by atoms with Crippen LogP contribution < -0.4 is 10.1 Å². The maximum atomic E-state index is 8.86. The molecule has 2 rings (SSSR count). The van der Waals surface area contributed by atoms with Gasteiger partial charge in [-0.3, -0.25) is 0 Å². The van der Waals surface area contributed by atoms with Crippen LogP contribution in [-0.4, -0.2) is 7.11 Å². The first kappa shape index (κ1) is 13.4. The third kappa shape index (κ3) is 3.73. The summed E-state index contributed by atoms with van der Waals surface area (Å²) in [6.07, 6.45) is 0. The second-order valence-electron chi connectivity index (χ2n) is 4.05. The molecule has 4 heteroatoms.